The fourth-order valence-electron chi connectivity index (χ4n) is 1.32. The van der Waals surface area contributed by atoms with E-state index in [1.165, 1.54) is 6.07 Å². The summed E-state index contributed by atoms with van der Waals surface area (Å²) in [6.45, 7) is 3.59. The third-order valence-corrected chi connectivity index (χ3v) is 4.58. The van der Waals surface area contributed by atoms with Gasteiger partial charge in [0.15, 0.2) is 0 Å². The first-order valence-electron chi connectivity index (χ1n) is 4.13. The Morgan fingerprint density at radius 2 is 2.14 bits per heavy atom. The van der Waals surface area contributed by atoms with Gasteiger partial charge in [-0.3, -0.25) is 4.55 Å². The van der Waals surface area contributed by atoms with Crippen molar-refractivity contribution in [2.45, 2.75) is 11.3 Å². The zero-order chi connectivity index (χ0) is 10.8. The Balaban J connectivity index is 3.35. The Hall–Kier alpha value is -0.913. The summed E-state index contributed by atoms with van der Waals surface area (Å²) in [5, 5.41) is 0.718. The van der Waals surface area contributed by atoms with Gasteiger partial charge >= 0.3 is 0 Å². The second-order valence-corrected chi connectivity index (χ2v) is 5.40. The number of allylic oxidation sites excluding steroid dienone is 1. The summed E-state index contributed by atoms with van der Waals surface area (Å²) in [6.07, 6.45) is 2.34. The first kappa shape index (κ1) is 11.2. The van der Waals surface area contributed by atoms with Crippen LogP contribution in [0.25, 0.3) is 0 Å². The van der Waals surface area contributed by atoms with E-state index in [-0.39, 0.29) is 4.90 Å². The molecule has 0 radical (unpaired) electrons. The highest BCUT2D eigenvalue weighted by Gasteiger charge is 2.13. The van der Waals surface area contributed by atoms with Crippen molar-refractivity contribution in [3.8, 4) is 0 Å². The van der Waals surface area contributed by atoms with Crippen LogP contribution >= 0.6 is 0 Å². The molecule has 0 aliphatic carbocycles. The number of benzene rings is 1. The summed E-state index contributed by atoms with van der Waals surface area (Å²) >= 11 is 0. The molecule has 76 valence electrons. The first-order chi connectivity index (χ1) is 6.46. The molecule has 0 heterocycles. The van der Waals surface area contributed by atoms with Gasteiger partial charge in [-0.1, -0.05) is 18.2 Å². The van der Waals surface area contributed by atoms with E-state index in [1.807, 2.05) is 6.07 Å². The van der Waals surface area contributed by atoms with E-state index in [1.54, 1.807) is 12.1 Å². The fourth-order valence-corrected chi connectivity index (χ4v) is 3.40. The lowest BCUT2D eigenvalue weighted by molar-refractivity contribution is 0.484. The molecule has 0 aromatic heterocycles. The number of hydrogen-bond acceptors (Lipinski definition) is 2. The Morgan fingerprint density at radius 3 is 2.64 bits per heavy atom. The van der Waals surface area contributed by atoms with Crippen molar-refractivity contribution in [1.82, 2.24) is 0 Å². The molecule has 1 rings (SSSR count). The highest BCUT2D eigenvalue weighted by Crippen LogP contribution is 2.08. The molecule has 0 aliphatic heterocycles. The average molecular weight is 228 g/mol. The van der Waals surface area contributed by atoms with Crippen LogP contribution in [0.2, 0.25) is 0 Å². The van der Waals surface area contributed by atoms with Crippen LogP contribution in [0.4, 0.5) is 0 Å². The minimum atomic E-state index is -4.07. The maximum Gasteiger partial charge on any atom is 0.294 e. The minimum absolute atomic E-state index is 0.0310. The molecule has 0 fully saturated rings. The molecule has 1 aromatic rings. The summed E-state index contributed by atoms with van der Waals surface area (Å²) in [5.41, 5.74) is 0.918. The molecule has 0 spiro atoms. The minimum Gasteiger partial charge on any atom is -0.282 e. The monoisotopic (exact) mass is 228 g/mol. The molecule has 0 amide bonds. The third kappa shape index (κ3) is 2.31. The zero-order valence-electron chi connectivity index (χ0n) is 7.90. The molecule has 0 saturated heterocycles. The van der Waals surface area contributed by atoms with Gasteiger partial charge in [-0.2, -0.15) is 8.42 Å². The lowest BCUT2D eigenvalue weighted by Crippen LogP contribution is -2.19. The summed E-state index contributed by atoms with van der Waals surface area (Å²) < 4.78 is 30.9. The fraction of sp³-hybridized carbons (Fsp3) is 0.111. The molecule has 0 saturated carbocycles. The largest absolute Gasteiger partial charge is 0.294 e. The molecule has 0 aliphatic rings. The van der Waals surface area contributed by atoms with Crippen LogP contribution in [0.3, 0.4) is 0 Å². The standard InChI is InChI=1S/C9H12O3SSi/c1-2-4-7-5-3-6-8(9(7)14)13(10,11)12/h2-3,5-6H,1,4H2,14H3,(H,10,11,12). The quantitative estimate of drug-likeness (QED) is 0.437. The van der Waals surface area contributed by atoms with Crippen LogP contribution in [-0.4, -0.2) is 23.2 Å². The normalized spacial score (nSPS) is 11.5. The van der Waals surface area contributed by atoms with Crippen molar-refractivity contribution in [2.24, 2.45) is 0 Å². The van der Waals surface area contributed by atoms with Crippen LogP contribution in [0.1, 0.15) is 5.56 Å². The molecule has 14 heavy (non-hydrogen) atoms. The Labute approximate surface area is 86.6 Å². The lowest BCUT2D eigenvalue weighted by atomic mass is 10.1. The maximum atomic E-state index is 11.0. The number of hydrogen-bond donors (Lipinski definition) is 1. The molecule has 0 unspecified atom stereocenters. The van der Waals surface area contributed by atoms with Crippen LogP contribution < -0.4 is 5.19 Å². The summed E-state index contributed by atoms with van der Waals surface area (Å²) in [4.78, 5) is 0.0310. The molecule has 1 aromatic carbocycles. The van der Waals surface area contributed by atoms with E-state index in [4.69, 9.17) is 4.55 Å². The van der Waals surface area contributed by atoms with Crippen molar-refractivity contribution < 1.29 is 13.0 Å². The van der Waals surface area contributed by atoms with Gasteiger partial charge < -0.3 is 0 Å². The molecular formula is C9H12O3SSi. The van der Waals surface area contributed by atoms with E-state index in [2.05, 4.69) is 6.58 Å². The van der Waals surface area contributed by atoms with Crippen molar-refractivity contribution >= 4 is 25.5 Å². The predicted octanol–water partition coefficient (Wildman–Crippen LogP) is -0.347. The Bertz CT molecular complexity index is 451. The molecule has 5 heteroatoms. The van der Waals surface area contributed by atoms with Crippen LogP contribution in [0.15, 0.2) is 35.7 Å². The highest BCUT2D eigenvalue weighted by atomic mass is 32.2. The molecule has 0 atom stereocenters. The third-order valence-electron chi connectivity index (χ3n) is 2.04. The van der Waals surface area contributed by atoms with Crippen molar-refractivity contribution in [2.75, 3.05) is 0 Å². The van der Waals surface area contributed by atoms with Crippen molar-refractivity contribution in [3.05, 3.63) is 36.4 Å². The lowest BCUT2D eigenvalue weighted by Gasteiger charge is -2.06. The van der Waals surface area contributed by atoms with Crippen molar-refractivity contribution in [3.63, 3.8) is 0 Å². The van der Waals surface area contributed by atoms with E-state index in [9.17, 15) is 8.42 Å². The zero-order valence-corrected chi connectivity index (χ0v) is 10.7. The van der Waals surface area contributed by atoms with Crippen molar-refractivity contribution in [1.29, 1.82) is 0 Å². The van der Waals surface area contributed by atoms with E-state index in [0.717, 1.165) is 10.8 Å². The van der Waals surface area contributed by atoms with Gasteiger partial charge in [0.2, 0.25) is 0 Å². The summed E-state index contributed by atoms with van der Waals surface area (Å²) in [5.74, 6) is 0. The molecule has 0 bridgehead atoms. The second kappa shape index (κ2) is 4.08. The summed E-state index contributed by atoms with van der Waals surface area (Å²) in [6, 6.07) is 4.90. The van der Waals surface area contributed by atoms with E-state index in [0.29, 0.717) is 16.7 Å². The van der Waals surface area contributed by atoms with Crippen LogP contribution in [0.5, 0.6) is 0 Å². The van der Waals surface area contributed by atoms with Crippen LogP contribution in [0, 0.1) is 0 Å². The Kier molecular flexibility index (Phi) is 3.25. The van der Waals surface area contributed by atoms with Gasteiger partial charge in [0.05, 0.1) is 4.90 Å². The van der Waals surface area contributed by atoms with E-state index >= 15 is 0 Å². The predicted molar refractivity (Wildman–Crippen MR) is 59.7 cm³/mol. The summed E-state index contributed by atoms with van der Waals surface area (Å²) in [7, 11) is -3.49. The first-order valence-corrected chi connectivity index (χ1v) is 6.57. The maximum absolute atomic E-state index is 11.0. The highest BCUT2D eigenvalue weighted by molar-refractivity contribution is 7.86. The van der Waals surface area contributed by atoms with Crippen LogP contribution in [-0.2, 0) is 16.5 Å². The number of rotatable bonds is 3. The van der Waals surface area contributed by atoms with E-state index < -0.39 is 10.1 Å². The molecular weight excluding hydrogens is 216 g/mol. The Morgan fingerprint density at radius 1 is 1.50 bits per heavy atom. The molecule has 3 nitrogen and oxygen atoms in total. The average Bonchev–Trinajstić information content (AvgIpc) is 2.07. The molecule has 1 N–H and O–H groups in total. The van der Waals surface area contributed by atoms with Gasteiger partial charge in [0.25, 0.3) is 10.1 Å². The van der Waals surface area contributed by atoms with Gasteiger partial charge in [-0.25, -0.2) is 0 Å². The van der Waals surface area contributed by atoms with Gasteiger partial charge in [0.1, 0.15) is 0 Å². The SMILES string of the molecule is C=CCc1cccc(S(=O)(=O)O)c1[SiH3]. The topological polar surface area (TPSA) is 54.4 Å². The second-order valence-electron chi connectivity index (χ2n) is 3.01. The smallest absolute Gasteiger partial charge is 0.282 e. The van der Waals surface area contributed by atoms with Gasteiger partial charge in [-0.05, 0) is 23.2 Å². The van der Waals surface area contributed by atoms with Gasteiger partial charge in [-0.15, -0.1) is 6.58 Å². The van der Waals surface area contributed by atoms with Gasteiger partial charge in [0, 0.05) is 10.2 Å².